The van der Waals surface area contributed by atoms with E-state index in [1.807, 2.05) is 0 Å². The van der Waals surface area contributed by atoms with Crippen LogP contribution in [0.1, 0.15) is 16.8 Å². The van der Waals surface area contributed by atoms with E-state index in [0.717, 1.165) is 0 Å². The Labute approximate surface area is 98.0 Å². The number of carbonyl (C=O) groups is 3. The summed E-state index contributed by atoms with van der Waals surface area (Å²) in [4.78, 5) is 34.7. The highest BCUT2D eigenvalue weighted by atomic mass is 16.5. The molecule has 0 saturated heterocycles. The first kappa shape index (κ1) is 11.3. The maximum Gasteiger partial charge on any atom is 0.264 e. The molecule has 1 heterocycles. The van der Waals surface area contributed by atoms with E-state index in [2.05, 4.69) is 0 Å². The van der Waals surface area contributed by atoms with E-state index in [9.17, 15) is 14.4 Å². The molecule has 1 aliphatic heterocycles. The second-order valence-corrected chi connectivity index (χ2v) is 3.72. The minimum atomic E-state index is -0.269. The molecule has 0 bridgehead atoms. The third-order valence-electron chi connectivity index (χ3n) is 2.64. The minimum absolute atomic E-state index is 0.00509. The molecular weight excluding hydrogens is 222 g/mol. The van der Waals surface area contributed by atoms with Crippen molar-refractivity contribution < 1.29 is 19.1 Å². The summed E-state index contributed by atoms with van der Waals surface area (Å²) in [7, 11) is 1.62. The van der Waals surface area contributed by atoms with Crippen molar-refractivity contribution in [3.8, 4) is 5.75 Å². The van der Waals surface area contributed by atoms with Crippen LogP contribution in [0, 0.1) is 0 Å². The number of aldehydes is 1. The predicted octanol–water partition coefficient (Wildman–Crippen LogP) is 0.813. The third-order valence-corrected chi connectivity index (χ3v) is 2.64. The molecule has 88 valence electrons. The van der Waals surface area contributed by atoms with Gasteiger partial charge < -0.3 is 14.4 Å². The smallest absolute Gasteiger partial charge is 0.264 e. The molecule has 5 nitrogen and oxygen atoms in total. The van der Waals surface area contributed by atoms with Crippen molar-refractivity contribution in [1.82, 2.24) is 0 Å². The number of carbonyl (C=O) groups excluding carboxylic acids is 3. The van der Waals surface area contributed by atoms with Crippen molar-refractivity contribution in [1.29, 1.82) is 0 Å². The molecule has 0 spiro atoms. The summed E-state index contributed by atoms with van der Waals surface area (Å²) in [5, 5.41) is 0. The highest BCUT2D eigenvalue weighted by Crippen LogP contribution is 2.32. The molecule has 0 atom stereocenters. The van der Waals surface area contributed by atoms with Gasteiger partial charge in [0.05, 0.1) is 12.1 Å². The van der Waals surface area contributed by atoms with Crippen molar-refractivity contribution in [2.45, 2.75) is 6.42 Å². The molecule has 1 aliphatic rings. The van der Waals surface area contributed by atoms with Gasteiger partial charge in [0.25, 0.3) is 5.91 Å². The topological polar surface area (TPSA) is 63.7 Å². The molecule has 2 rings (SSSR count). The van der Waals surface area contributed by atoms with E-state index in [0.29, 0.717) is 23.3 Å². The molecule has 0 aromatic heterocycles. The number of ketones is 1. The molecule has 5 heteroatoms. The number of amides is 1. The van der Waals surface area contributed by atoms with Gasteiger partial charge in [0.15, 0.2) is 12.4 Å². The second kappa shape index (κ2) is 4.37. The van der Waals surface area contributed by atoms with E-state index in [4.69, 9.17) is 4.74 Å². The molecule has 17 heavy (non-hydrogen) atoms. The minimum Gasteiger partial charge on any atom is -0.482 e. The Morgan fingerprint density at radius 2 is 2.29 bits per heavy atom. The van der Waals surface area contributed by atoms with E-state index in [-0.39, 0.29) is 24.7 Å². The van der Waals surface area contributed by atoms with Crippen molar-refractivity contribution in [3.63, 3.8) is 0 Å². The Balaban J connectivity index is 2.38. The van der Waals surface area contributed by atoms with E-state index in [1.165, 1.54) is 4.90 Å². The molecule has 0 N–H and O–H groups in total. The number of anilines is 1. The molecule has 1 aromatic rings. The van der Waals surface area contributed by atoms with Crippen molar-refractivity contribution >= 4 is 23.7 Å². The number of ether oxygens (including phenoxy) is 1. The van der Waals surface area contributed by atoms with Gasteiger partial charge in [0, 0.05) is 12.6 Å². The van der Waals surface area contributed by atoms with Crippen LogP contribution in [0.4, 0.5) is 5.69 Å². The first-order chi connectivity index (χ1) is 8.13. The molecule has 0 unspecified atom stereocenters. The summed E-state index contributed by atoms with van der Waals surface area (Å²) in [6, 6.07) is 4.79. The zero-order chi connectivity index (χ0) is 12.4. The van der Waals surface area contributed by atoms with Gasteiger partial charge in [-0.15, -0.1) is 0 Å². The van der Waals surface area contributed by atoms with Crippen LogP contribution in [-0.2, 0) is 9.59 Å². The van der Waals surface area contributed by atoms with Crippen LogP contribution in [-0.4, -0.2) is 31.6 Å². The monoisotopic (exact) mass is 233 g/mol. The summed E-state index contributed by atoms with van der Waals surface area (Å²) in [6.45, 7) is 0.00509. The Bertz CT molecular complexity index is 495. The standard InChI is InChI=1S/C12H11NO4/c1-13-9-6-8(10(15)4-5-14)2-3-11(9)17-7-12(13)16/h2-3,5-6H,4,7H2,1H3. The van der Waals surface area contributed by atoms with Gasteiger partial charge in [0.1, 0.15) is 12.0 Å². The third kappa shape index (κ3) is 2.04. The summed E-state index contributed by atoms with van der Waals surface area (Å²) >= 11 is 0. The quantitative estimate of drug-likeness (QED) is 0.440. The molecule has 0 saturated carbocycles. The largest absolute Gasteiger partial charge is 0.482 e. The number of benzene rings is 1. The van der Waals surface area contributed by atoms with Crippen LogP contribution < -0.4 is 9.64 Å². The molecular formula is C12H11NO4. The summed E-state index contributed by atoms with van der Waals surface area (Å²) < 4.78 is 5.23. The van der Waals surface area contributed by atoms with Crippen molar-refractivity contribution in [2.75, 3.05) is 18.6 Å². The molecule has 0 aliphatic carbocycles. The average Bonchev–Trinajstić information content (AvgIpc) is 2.34. The van der Waals surface area contributed by atoms with Gasteiger partial charge in [-0.1, -0.05) is 0 Å². The lowest BCUT2D eigenvalue weighted by molar-refractivity contribution is -0.121. The summed E-state index contributed by atoms with van der Waals surface area (Å²) in [5.74, 6) is 0.126. The van der Waals surface area contributed by atoms with Crippen molar-refractivity contribution in [2.24, 2.45) is 0 Å². The number of hydrogen-bond donors (Lipinski definition) is 0. The zero-order valence-electron chi connectivity index (χ0n) is 9.30. The molecule has 0 fully saturated rings. The lowest BCUT2D eigenvalue weighted by atomic mass is 10.1. The number of nitrogens with zero attached hydrogens (tertiary/aromatic N) is 1. The lowest BCUT2D eigenvalue weighted by Crippen LogP contribution is -2.35. The van der Waals surface area contributed by atoms with Crippen molar-refractivity contribution in [3.05, 3.63) is 23.8 Å². The first-order valence-corrected chi connectivity index (χ1v) is 5.13. The molecule has 1 aromatic carbocycles. The fourth-order valence-electron chi connectivity index (χ4n) is 1.64. The average molecular weight is 233 g/mol. The highest BCUT2D eigenvalue weighted by Gasteiger charge is 2.23. The van der Waals surface area contributed by atoms with Crippen LogP contribution in [0.2, 0.25) is 0 Å². The van der Waals surface area contributed by atoms with Crippen LogP contribution in [0.15, 0.2) is 18.2 Å². The van der Waals surface area contributed by atoms with Gasteiger partial charge in [-0.2, -0.15) is 0 Å². The summed E-state index contributed by atoms with van der Waals surface area (Å²) in [5.41, 5.74) is 0.957. The van der Waals surface area contributed by atoms with Crippen LogP contribution in [0.5, 0.6) is 5.75 Å². The van der Waals surface area contributed by atoms with Gasteiger partial charge in [-0.3, -0.25) is 9.59 Å². The fraction of sp³-hybridized carbons (Fsp3) is 0.250. The van der Waals surface area contributed by atoms with Crippen LogP contribution >= 0.6 is 0 Å². The first-order valence-electron chi connectivity index (χ1n) is 5.13. The fourth-order valence-corrected chi connectivity index (χ4v) is 1.64. The van der Waals surface area contributed by atoms with E-state index >= 15 is 0 Å². The maximum absolute atomic E-state index is 11.5. The Morgan fingerprint density at radius 1 is 1.53 bits per heavy atom. The number of fused-ring (bicyclic) bond motifs is 1. The number of likely N-dealkylation sites (N-methyl/N-ethyl adjacent to an activating group) is 1. The zero-order valence-corrected chi connectivity index (χ0v) is 9.30. The van der Waals surface area contributed by atoms with Gasteiger partial charge in [-0.25, -0.2) is 0 Å². The Kier molecular flexibility index (Phi) is 2.91. The maximum atomic E-state index is 11.5. The molecule has 0 radical (unpaired) electrons. The normalized spacial score (nSPS) is 13.9. The Morgan fingerprint density at radius 3 is 3.00 bits per heavy atom. The van der Waals surface area contributed by atoms with Crippen LogP contribution in [0.25, 0.3) is 0 Å². The number of hydrogen-bond acceptors (Lipinski definition) is 4. The Hall–Kier alpha value is -2.17. The SMILES string of the molecule is CN1C(=O)COc2ccc(C(=O)CC=O)cc21. The van der Waals surface area contributed by atoms with Crippen LogP contribution in [0.3, 0.4) is 0 Å². The second-order valence-electron chi connectivity index (χ2n) is 3.72. The highest BCUT2D eigenvalue weighted by molar-refractivity contribution is 6.05. The van der Waals surface area contributed by atoms with E-state index in [1.54, 1.807) is 25.2 Å². The van der Waals surface area contributed by atoms with Gasteiger partial charge in [-0.05, 0) is 18.2 Å². The van der Waals surface area contributed by atoms with Gasteiger partial charge in [0.2, 0.25) is 0 Å². The number of rotatable bonds is 3. The summed E-state index contributed by atoms with van der Waals surface area (Å²) in [6.07, 6.45) is 0.407. The van der Waals surface area contributed by atoms with Gasteiger partial charge >= 0.3 is 0 Å². The predicted molar refractivity (Wildman–Crippen MR) is 60.4 cm³/mol. The van der Waals surface area contributed by atoms with E-state index < -0.39 is 0 Å². The molecule has 1 amide bonds. The number of Topliss-reactive ketones (excluding diaryl/α,β-unsaturated/α-hetero) is 1. The lowest BCUT2D eigenvalue weighted by Gasteiger charge is -2.26.